The minimum Gasteiger partial charge on any atom is -0.490 e. The summed E-state index contributed by atoms with van der Waals surface area (Å²) in [6, 6.07) is 12.4. The van der Waals surface area contributed by atoms with E-state index in [4.69, 9.17) is 9.47 Å². The summed E-state index contributed by atoms with van der Waals surface area (Å²) in [6.07, 6.45) is 0. The van der Waals surface area contributed by atoms with E-state index in [0.717, 1.165) is 10.0 Å². The van der Waals surface area contributed by atoms with Crippen molar-refractivity contribution in [1.29, 1.82) is 0 Å². The monoisotopic (exact) mass is 420 g/mol. The summed E-state index contributed by atoms with van der Waals surface area (Å²) in [5.41, 5.74) is 2.00. The zero-order chi connectivity index (χ0) is 18.9. The average molecular weight is 421 g/mol. The van der Waals surface area contributed by atoms with Crippen LogP contribution in [0.4, 0.5) is 5.69 Å². The molecule has 0 atom stereocenters. The molecule has 0 saturated heterocycles. The standard InChI is InChI=1S/C19H21BrN2O4/c1-13-11-14(20)7-8-16(13)22-18(23)12-21-19(24)15-5-3-4-6-17(15)26-10-9-25-2/h3-8,11H,9-10,12H2,1-2H3,(H,21,24)(H,22,23). The molecular formula is C19H21BrN2O4. The normalized spacial score (nSPS) is 10.3. The molecule has 2 rings (SSSR count). The molecule has 2 N–H and O–H groups in total. The smallest absolute Gasteiger partial charge is 0.255 e. The number of hydrogen-bond acceptors (Lipinski definition) is 4. The van der Waals surface area contributed by atoms with Crippen LogP contribution in [0, 0.1) is 6.92 Å². The van der Waals surface area contributed by atoms with Gasteiger partial charge >= 0.3 is 0 Å². The first-order valence-electron chi connectivity index (χ1n) is 8.06. The molecular weight excluding hydrogens is 400 g/mol. The molecule has 0 aromatic heterocycles. The molecule has 0 aliphatic heterocycles. The van der Waals surface area contributed by atoms with Gasteiger partial charge < -0.3 is 20.1 Å². The number of benzene rings is 2. The Morgan fingerprint density at radius 3 is 2.62 bits per heavy atom. The summed E-state index contributed by atoms with van der Waals surface area (Å²) in [7, 11) is 1.58. The Morgan fingerprint density at radius 2 is 1.88 bits per heavy atom. The number of aryl methyl sites for hydroxylation is 1. The van der Waals surface area contributed by atoms with Gasteiger partial charge in [0.05, 0.1) is 18.7 Å². The minimum absolute atomic E-state index is 0.138. The van der Waals surface area contributed by atoms with Gasteiger partial charge in [-0.25, -0.2) is 0 Å². The van der Waals surface area contributed by atoms with Crippen LogP contribution in [0.2, 0.25) is 0 Å². The van der Waals surface area contributed by atoms with E-state index in [1.807, 2.05) is 19.1 Å². The molecule has 6 nitrogen and oxygen atoms in total. The van der Waals surface area contributed by atoms with Gasteiger partial charge in [-0.1, -0.05) is 28.1 Å². The number of carbonyl (C=O) groups is 2. The fourth-order valence-electron chi connectivity index (χ4n) is 2.23. The van der Waals surface area contributed by atoms with Crippen LogP contribution in [0.25, 0.3) is 0 Å². The van der Waals surface area contributed by atoms with E-state index >= 15 is 0 Å². The summed E-state index contributed by atoms with van der Waals surface area (Å²) in [5, 5.41) is 5.39. The number of hydrogen-bond donors (Lipinski definition) is 2. The molecule has 2 aromatic carbocycles. The first-order valence-corrected chi connectivity index (χ1v) is 8.85. The predicted molar refractivity (Wildman–Crippen MR) is 104 cm³/mol. The third-order valence-corrected chi connectivity index (χ3v) is 4.04. The number of methoxy groups -OCH3 is 1. The van der Waals surface area contributed by atoms with Gasteiger partial charge in [-0.05, 0) is 42.8 Å². The van der Waals surface area contributed by atoms with Crippen molar-refractivity contribution < 1.29 is 19.1 Å². The molecule has 0 heterocycles. The van der Waals surface area contributed by atoms with Crippen LogP contribution in [-0.4, -0.2) is 38.7 Å². The SMILES string of the molecule is COCCOc1ccccc1C(=O)NCC(=O)Nc1ccc(Br)cc1C. The van der Waals surface area contributed by atoms with Gasteiger partial charge in [-0.2, -0.15) is 0 Å². The molecule has 0 fully saturated rings. The van der Waals surface area contributed by atoms with Crippen molar-refractivity contribution in [2.24, 2.45) is 0 Å². The zero-order valence-corrected chi connectivity index (χ0v) is 16.3. The first kappa shape index (κ1) is 19.9. The molecule has 7 heteroatoms. The lowest BCUT2D eigenvalue weighted by Gasteiger charge is -2.12. The van der Waals surface area contributed by atoms with Crippen molar-refractivity contribution in [3.63, 3.8) is 0 Å². The number of carbonyl (C=O) groups excluding carboxylic acids is 2. The number of para-hydroxylation sites is 1. The molecule has 0 aliphatic rings. The molecule has 0 radical (unpaired) electrons. The maximum atomic E-state index is 12.4. The summed E-state index contributed by atoms with van der Waals surface area (Å²) >= 11 is 3.38. The highest BCUT2D eigenvalue weighted by Gasteiger charge is 2.13. The van der Waals surface area contributed by atoms with Crippen LogP contribution in [0.15, 0.2) is 46.9 Å². The fraction of sp³-hybridized carbons (Fsp3) is 0.263. The Balaban J connectivity index is 1.92. The number of ether oxygens (including phenoxy) is 2. The van der Waals surface area contributed by atoms with Crippen molar-refractivity contribution in [3.8, 4) is 5.75 Å². The second-order valence-corrected chi connectivity index (χ2v) is 6.44. The molecule has 26 heavy (non-hydrogen) atoms. The highest BCUT2D eigenvalue weighted by molar-refractivity contribution is 9.10. The Kier molecular flexibility index (Phi) is 7.62. The van der Waals surface area contributed by atoms with E-state index in [9.17, 15) is 9.59 Å². The molecule has 0 spiro atoms. The van der Waals surface area contributed by atoms with E-state index in [0.29, 0.717) is 30.2 Å². The van der Waals surface area contributed by atoms with Gasteiger partial charge in [0.1, 0.15) is 12.4 Å². The van der Waals surface area contributed by atoms with Crippen LogP contribution in [-0.2, 0) is 9.53 Å². The van der Waals surface area contributed by atoms with Crippen molar-refractivity contribution in [1.82, 2.24) is 5.32 Å². The lowest BCUT2D eigenvalue weighted by atomic mass is 10.2. The molecule has 138 valence electrons. The summed E-state index contributed by atoms with van der Waals surface area (Å²) in [5.74, 6) is -0.228. The summed E-state index contributed by atoms with van der Waals surface area (Å²) in [6.45, 7) is 2.52. The zero-order valence-electron chi connectivity index (χ0n) is 14.7. The number of nitrogens with one attached hydrogen (secondary N) is 2. The van der Waals surface area contributed by atoms with Crippen molar-refractivity contribution >= 4 is 33.4 Å². The number of amides is 2. The molecule has 0 saturated carbocycles. The molecule has 0 unspecified atom stereocenters. The summed E-state index contributed by atoms with van der Waals surface area (Å²) in [4.78, 5) is 24.5. The van der Waals surface area contributed by atoms with Gasteiger partial charge in [-0.3, -0.25) is 9.59 Å². The Labute approximate surface area is 161 Å². The quantitative estimate of drug-likeness (QED) is 0.643. The average Bonchev–Trinajstić information content (AvgIpc) is 2.63. The van der Waals surface area contributed by atoms with Gasteiger partial charge in [0.25, 0.3) is 5.91 Å². The van der Waals surface area contributed by atoms with Gasteiger partial charge in [0.2, 0.25) is 5.91 Å². The fourth-order valence-corrected chi connectivity index (χ4v) is 2.71. The maximum absolute atomic E-state index is 12.4. The lowest BCUT2D eigenvalue weighted by Crippen LogP contribution is -2.33. The van der Waals surface area contributed by atoms with E-state index in [-0.39, 0.29) is 18.4 Å². The Morgan fingerprint density at radius 1 is 1.12 bits per heavy atom. The van der Waals surface area contributed by atoms with Crippen LogP contribution in [0.3, 0.4) is 0 Å². The Bertz CT molecular complexity index is 780. The van der Waals surface area contributed by atoms with E-state index < -0.39 is 0 Å². The minimum atomic E-state index is -0.374. The maximum Gasteiger partial charge on any atom is 0.255 e. The highest BCUT2D eigenvalue weighted by atomic mass is 79.9. The molecule has 0 aliphatic carbocycles. The largest absolute Gasteiger partial charge is 0.490 e. The highest BCUT2D eigenvalue weighted by Crippen LogP contribution is 2.20. The molecule has 0 bridgehead atoms. The van der Waals surface area contributed by atoms with E-state index in [1.165, 1.54) is 0 Å². The summed E-state index contributed by atoms with van der Waals surface area (Å²) < 4.78 is 11.4. The Hall–Kier alpha value is -2.38. The van der Waals surface area contributed by atoms with Crippen molar-refractivity contribution in [2.75, 3.05) is 32.2 Å². The number of halogens is 1. The van der Waals surface area contributed by atoms with Crippen LogP contribution < -0.4 is 15.4 Å². The second kappa shape index (κ2) is 9.94. The lowest BCUT2D eigenvalue weighted by molar-refractivity contribution is -0.115. The predicted octanol–water partition coefficient (Wildman–Crippen LogP) is 3.15. The third-order valence-electron chi connectivity index (χ3n) is 3.55. The van der Waals surface area contributed by atoms with E-state index in [2.05, 4.69) is 26.6 Å². The van der Waals surface area contributed by atoms with Crippen molar-refractivity contribution in [2.45, 2.75) is 6.92 Å². The number of anilines is 1. The van der Waals surface area contributed by atoms with Crippen molar-refractivity contribution in [3.05, 3.63) is 58.1 Å². The van der Waals surface area contributed by atoms with Crippen LogP contribution in [0.5, 0.6) is 5.75 Å². The molecule has 2 amide bonds. The first-order chi connectivity index (χ1) is 12.5. The van der Waals surface area contributed by atoms with Gasteiger partial charge in [-0.15, -0.1) is 0 Å². The number of rotatable bonds is 8. The third kappa shape index (κ3) is 5.86. The van der Waals surface area contributed by atoms with Crippen LogP contribution >= 0.6 is 15.9 Å². The van der Waals surface area contributed by atoms with Gasteiger partial charge in [0, 0.05) is 17.3 Å². The van der Waals surface area contributed by atoms with E-state index in [1.54, 1.807) is 37.4 Å². The second-order valence-electron chi connectivity index (χ2n) is 5.53. The van der Waals surface area contributed by atoms with Gasteiger partial charge in [0.15, 0.2) is 0 Å². The topological polar surface area (TPSA) is 76.7 Å². The van der Waals surface area contributed by atoms with Crippen LogP contribution in [0.1, 0.15) is 15.9 Å². The molecule has 2 aromatic rings.